The Morgan fingerprint density at radius 1 is 1.15 bits per heavy atom. The number of hydrogen-bond donors (Lipinski definition) is 1. The molecule has 0 aliphatic heterocycles. The van der Waals surface area contributed by atoms with Crippen LogP contribution in [0.1, 0.15) is 11.6 Å². The average Bonchev–Trinajstić information content (AvgIpc) is 2.63. The molecule has 144 valence electrons. The van der Waals surface area contributed by atoms with Gasteiger partial charge in [0.2, 0.25) is 5.91 Å². The number of carbonyl (C=O) groups excluding carboxylic acids is 2. The molecule has 0 aliphatic rings. The van der Waals surface area contributed by atoms with Gasteiger partial charge in [-0.05, 0) is 36.9 Å². The summed E-state index contributed by atoms with van der Waals surface area (Å²) in [4.78, 5) is 26.4. The second-order valence-electron chi connectivity index (χ2n) is 5.76. The van der Waals surface area contributed by atoms with Gasteiger partial charge in [0.1, 0.15) is 11.8 Å². The van der Waals surface area contributed by atoms with E-state index in [-0.39, 0.29) is 12.5 Å². The van der Waals surface area contributed by atoms with Crippen molar-refractivity contribution in [2.24, 2.45) is 0 Å². The van der Waals surface area contributed by atoms with Crippen molar-refractivity contribution in [3.8, 4) is 5.75 Å². The van der Waals surface area contributed by atoms with Crippen molar-refractivity contribution in [3.63, 3.8) is 0 Å². The molecule has 27 heavy (non-hydrogen) atoms. The van der Waals surface area contributed by atoms with E-state index in [4.69, 9.17) is 32.7 Å². The van der Waals surface area contributed by atoms with Gasteiger partial charge in [-0.3, -0.25) is 9.69 Å². The molecule has 0 heterocycles. The first-order chi connectivity index (χ1) is 12.9. The third-order valence-corrected chi connectivity index (χ3v) is 4.47. The Morgan fingerprint density at radius 3 is 2.48 bits per heavy atom. The van der Waals surface area contributed by atoms with Gasteiger partial charge in [-0.2, -0.15) is 0 Å². The molecule has 1 amide bonds. The molecule has 1 unspecified atom stereocenters. The molecule has 2 rings (SSSR count). The van der Waals surface area contributed by atoms with Crippen LogP contribution < -0.4 is 10.1 Å². The van der Waals surface area contributed by atoms with E-state index in [2.05, 4.69) is 5.32 Å². The number of esters is 1. The molecular formula is C19H20Cl2N2O4. The van der Waals surface area contributed by atoms with E-state index in [0.29, 0.717) is 27.0 Å². The molecule has 2 aromatic rings. The van der Waals surface area contributed by atoms with E-state index >= 15 is 0 Å². The lowest BCUT2D eigenvalue weighted by Gasteiger charge is -2.26. The lowest BCUT2D eigenvalue weighted by atomic mass is 10.1. The molecule has 0 saturated heterocycles. The van der Waals surface area contributed by atoms with E-state index in [9.17, 15) is 9.59 Å². The minimum atomic E-state index is -0.823. The zero-order valence-corrected chi connectivity index (χ0v) is 16.7. The fourth-order valence-electron chi connectivity index (χ4n) is 2.64. The molecule has 6 nitrogen and oxygen atoms in total. The molecule has 8 heteroatoms. The van der Waals surface area contributed by atoms with E-state index < -0.39 is 12.0 Å². The molecule has 0 radical (unpaired) electrons. The molecular weight excluding hydrogens is 391 g/mol. The van der Waals surface area contributed by atoms with Crippen LogP contribution in [-0.4, -0.2) is 44.6 Å². The Morgan fingerprint density at radius 2 is 1.85 bits per heavy atom. The summed E-state index contributed by atoms with van der Waals surface area (Å²) < 4.78 is 10.1. The van der Waals surface area contributed by atoms with Gasteiger partial charge >= 0.3 is 5.97 Å². The number of benzene rings is 2. The first kappa shape index (κ1) is 21.0. The quantitative estimate of drug-likeness (QED) is 0.703. The standard InChI is InChI=1S/C19H20Cl2N2O4/c1-23(18(19(25)27-3)13-6-4-5-7-14(13)21)11-17(24)22-15-10-12(20)8-9-16(15)26-2/h4-10,18H,11H2,1-3H3,(H,22,24). The molecule has 0 bridgehead atoms. The lowest BCUT2D eigenvalue weighted by molar-refractivity contribution is -0.147. The van der Waals surface area contributed by atoms with E-state index in [0.717, 1.165) is 0 Å². The number of nitrogens with one attached hydrogen (secondary N) is 1. The molecule has 0 fully saturated rings. The SMILES string of the molecule is COC(=O)C(c1ccccc1Cl)N(C)CC(=O)Nc1cc(Cl)ccc1OC. The van der Waals surface area contributed by atoms with Gasteiger partial charge in [0.25, 0.3) is 0 Å². The number of anilines is 1. The van der Waals surface area contributed by atoms with Crippen LogP contribution >= 0.6 is 23.2 Å². The fraction of sp³-hybridized carbons (Fsp3) is 0.263. The minimum Gasteiger partial charge on any atom is -0.495 e. The van der Waals surface area contributed by atoms with Crippen molar-refractivity contribution in [1.29, 1.82) is 0 Å². The molecule has 0 aliphatic carbocycles. The molecule has 1 atom stereocenters. The van der Waals surface area contributed by atoms with Crippen LogP contribution in [0.25, 0.3) is 0 Å². The number of rotatable bonds is 7. The molecule has 0 saturated carbocycles. The number of methoxy groups -OCH3 is 2. The summed E-state index contributed by atoms with van der Waals surface area (Å²) in [7, 11) is 4.42. The zero-order chi connectivity index (χ0) is 20.0. The molecule has 0 aromatic heterocycles. The Labute approximate surface area is 168 Å². The van der Waals surface area contributed by atoms with Gasteiger partial charge in [0.15, 0.2) is 0 Å². The summed E-state index contributed by atoms with van der Waals surface area (Å²) in [5.41, 5.74) is 0.998. The summed E-state index contributed by atoms with van der Waals surface area (Å²) in [5.74, 6) is -0.385. The molecule has 0 spiro atoms. The van der Waals surface area contributed by atoms with E-state index in [1.807, 2.05) is 0 Å². The molecule has 1 N–H and O–H groups in total. The monoisotopic (exact) mass is 410 g/mol. The van der Waals surface area contributed by atoms with Crippen LogP contribution in [0.3, 0.4) is 0 Å². The van der Waals surface area contributed by atoms with Crippen molar-refractivity contribution in [1.82, 2.24) is 4.90 Å². The minimum absolute atomic E-state index is 0.0827. The highest BCUT2D eigenvalue weighted by molar-refractivity contribution is 6.31. The van der Waals surface area contributed by atoms with Crippen molar-refractivity contribution in [3.05, 3.63) is 58.1 Å². The van der Waals surface area contributed by atoms with Crippen molar-refractivity contribution < 1.29 is 19.1 Å². The van der Waals surface area contributed by atoms with E-state index in [1.54, 1.807) is 54.4 Å². The third-order valence-electron chi connectivity index (χ3n) is 3.89. The largest absolute Gasteiger partial charge is 0.495 e. The van der Waals surface area contributed by atoms with Gasteiger partial charge in [0.05, 0.1) is 26.5 Å². The summed E-state index contributed by atoms with van der Waals surface area (Å²) in [6, 6.07) is 11.0. The number of nitrogens with zero attached hydrogens (tertiary/aromatic N) is 1. The highest BCUT2D eigenvalue weighted by Gasteiger charge is 2.29. The third kappa shape index (κ3) is 5.35. The lowest BCUT2D eigenvalue weighted by Crippen LogP contribution is -2.37. The maximum atomic E-state index is 12.5. The van der Waals surface area contributed by atoms with Gasteiger partial charge < -0.3 is 14.8 Å². The summed E-state index contributed by atoms with van der Waals surface area (Å²) in [5, 5.41) is 3.61. The summed E-state index contributed by atoms with van der Waals surface area (Å²) in [6.07, 6.45) is 0. The Balaban J connectivity index is 2.19. The number of likely N-dealkylation sites (N-methyl/N-ethyl adjacent to an activating group) is 1. The zero-order valence-electron chi connectivity index (χ0n) is 15.2. The average molecular weight is 411 g/mol. The van der Waals surface area contributed by atoms with Crippen molar-refractivity contribution >= 4 is 40.8 Å². The fourth-order valence-corrected chi connectivity index (χ4v) is 3.05. The number of carbonyl (C=O) groups is 2. The Kier molecular flexibility index (Phi) is 7.47. The number of amides is 1. The van der Waals surface area contributed by atoms with Crippen LogP contribution in [0.2, 0.25) is 10.0 Å². The predicted molar refractivity (Wildman–Crippen MR) is 105 cm³/mol. The predicted octanol–water partition coefficient (Wildman–Crippen LogP) is 3.79. The normalized spacial score (nSPS) is 11.8. The van der Waals surface area contributed by atoms with Crippen molar-refractivity contribution in [2.75, 3.05) is 33.1 Å². The number of hydrogen-bond acceptors (Lipinski definition) is 5. The Bertz CT molecular complexity index is 829. The summed E-state index contributed by atoms with van der Waals surface area (Å²) in [6.45, 7) is -0.0827. The van der Waals surface area contributed by atoms with E-state index in [1.165, 1.54) is 14.2 Å². The summed E-state index contributed by atoms with van der Waals surface area (Å²) >= 11 is 12.2. The van der Waals surface area contributed by atoms with Gasteiger partial charge in [0, 0.05) is 10.0 Å². The first-order valence-corrected chi connectivity index (χ1v) is 8.78. The first-order valence-electron chi connectivity index (χ1n) is 8.03. The maximum Gasteiger partial charge on any atom is 0.327 e. The van der Waals surface area contributed by atoms with Gasteiger partial charge in [-0.15, -0.1) is 0 Å². The van der Waals surface area contributed by atoms with Crippen LogP contribution in [0, 0.1) is 0 Å². The van der Waals surface area contributed by atoms with Crippen LogP contribution in [0.4, 0.5) is 5.69 Å². The smallest absolute Gasteiger partial charge is 0.327 e. The van der Waals surface area contributed by atoms with Gasteiger partial charge in [-0.1, -0.05) is 41.4 Å². The second kappa shape index (κ2) is 9.60. The van der Waals surface area contributed by atoms with Crippen LogP contribution in [0.15, 0.2) is 42.5 Å². The highest BCUT2D eigenvalue weighted by atomic mass is 35.5. The maximum absolute atomic E-state index is 12.5. The topological polar surface area (TPSA) is 67.9 Å². The van der Waals surface area contributed by atoms with Crippen LogP contribution in [0.5, 0.6) is 5.75 Å². The number of ether oxygens (including phenoxy) is 2. The second-order valence-corrected chi connectivity index (χ2v) is 6.60. The molecule has 2 aromatic carbocycles. The van der Waals surface area contributed by atoms with Gasteiger partial charge in [-0.25, -0.2) is 4.79 Å². The number of halogens is 2. The Hall–Kier alpha value is -2.28. The van der Waals surface area contributed by atoms with Crippen molar-refractivity contribution in [2.45, 2.75) is 6.04 Å². The van der Waals surface area contributed by atoms with Crippen LogP contribution in [-0.2, 0) is 14.3 Å². The highest BCUT2D eigenvalue weighted by Crippen LogP contribution is 2.29.